The summed E-state index contributed by atoms with van der Waals surface area (Å²) in [6.45, 7) is 7.83. The van der Waals surface area contributed by atoms with E-state index in [-0.39, 0.29) is 5.41 Å². The van der Waals surface area contributed by atoms with Crippen molar-refractivity contribution >= 4 is 23.2 Å². The zero-order valence-electron chi connectivity index (χ0n) is 9.70. The van der Waals surface area contributed by atoms with Gasteiger partial charge in [-0.15, -0.1) is 0 Å². The fraction of sp³-hybridized carbons (Fsp3) is 0.818. The van der Waals surface area contributed by atoms with Gasteiger partial charge in [0.15, 0.2) is 0 Å². The molecular formula is C11H19NO2S. The van der Waals surface area contributed by atoms with Gasteiger partial charge in [0.05, 0.1) is 4.99 Å². The minimum Gasteiger partial charge on any atom is -0.480 e. The maximum Gasteiger partial charge on any atom is 0.326 e. The van der Waals surface area contributed by atoms with Crippen molar-refractivity contribution in [3.63, 3.8) is 0 Å². The quantitative estimate of drug-likeness (QED) is 0.727. The van der Waals surface area contributed by atoms with Crippen molar-refractivity contribution in [2.75, 3.05) is 0 Å². The average Bonchev–Trinajstić information content (AvgIpc) is 2.75. The first-order chi connectivity index (χ1) is 6.73. The fourth-order valence-electron chi connectivity index (χ4n) is 1.59. The SMILES string of the molecule is C[C@@H]1CC1C(=S)N[C@H](C(=O)O)C(C)(C)C. The smallest absolute Gasteiger partial charge is 0.326 e. The zero-order valence-corrected chi connectivity index (χ0v) is 10.5. The van der Waals surface area contributed by atoms with E-state index < -0.39 is 12.0 Å². The van der Waals surface area contributed by atoms with E-state index >= 15 is 0 Å². The third kappa shape index (κ3) is 3.16. The predicted molar refractivity (Wildman–Crippen MR) is 63.9 cm³/mol. The number of carboxylic acids is 1. The Hall–Kier alpha value is -0.640. The molecule has 3 atom stereocenters. The molecular weight excluding hydrogens is 210 g/mol. The lowest BCUT2D eigenvalue weighted by Gasteiger charge is -2.28. The number of carboxylic acid groups (broad SMARTS) is 1. The number of rotatable bonds is 3. The highest BCUT2D eigenvalue weighted by Gasteiger charge is 2.39. The van der Waals surface area contributed by atoms with Crippen molar-refractivity contribution in [1.29, 1.82) is 0 Å². The van der Waals surface area contributed by atoms with Crippen molar-refractivity contribution in [2.45, 2.75) is 40.2 Å². The van der Waals surface area contributed by atoms with Gasteiger partial charge in [-0.2, -0.15) is 0 Å². The van der Waals surface area contributed by atoms with Crippen molar-refractivity contribution < 1.29 is 9.90 Å². The lowest BCUT2D eigenvalue weighted by atomic mass is 9.86. The monoisotopic (exact) mass is 229 g/mol. The summed E-state index contributed by atoms with van der Waals surface area (Å²) < 4.78 is 0. The first-order valence-electron chi connectivity index (χ1n) is 5.26. The van der Waals surface area contributed by atoms with Crippen LogP contribution in [0.5, 0.6) is 0 Å². The van der Waals surface area contributed by atoms with Crippen LogP contribution in [-0.2, 0) is 4.79 Å². The molecule has 1 fully saturated rings. The summed E-state index contributed by atoms with van der Waals surface area (Å²) in [6, 6.07) is -0.599. The molecule has 4 heteroatoms. The lowest BCUT2D eigenvalue weighted by molar-refractivity contribution is -0.141. The van der Waals surface area contributed by atoms with Crippen LogP contribution in [0.4, 0.5) is 0 Å². The molecule has 1 saturated carbocycles. The number of thiocarbonyl (C=S) groups is 1. The second-order valence-electron chi connectivity index (χ2n) is 5.47. The molecule has 0 aromatic carbocycles. The number of hydrogen-bond acceptors (Lipinski definition) is 2. The highest BCUT2D eigenvalue weighted by Crippen LogP contribution is 2.38. The Labute approximate surface area is 96.2 Å². The molecule has 0 saturated heterocycles. The minimum atomic E-state index is -0.835. The van der Waals surface area contributed by atoms with E-state index in [0.717, 1.165) is 6.42 Å². The van der Waals surface area contributed by atoms with Crippen LogP contribution in [-0.4, -0.2) is 22.1 Å². The summed E-state index contributed by atoms with van der Waals surface area (Å²) >= 11 is 5.21. The number of carbonyl (C=O) groups is 1. The van der Waals surface area contributed by atoms with Gasteiger partial charge in [-0.05, 0) is 17.8 Å². The highest BCUT2D eigenvalue weighted by atomic mass is 32.1. The van der Waals surface area contributed by atoms with Crippen molar-refractivity contribution in [2.24, 2.45) is 17.3 Å². The molecule has 0 amide bonds. The van der Waals surface area contributed by atoms with Gasteiger partial charge < -0.3 is 10.4 Å². The van der Waals surface area contributed by atoms with Crippen molar-refractivity contribution in [1.82, 2.24) is 5.32 Å². The van der Waals surface area contributed by atoms with Gasteiger partial charge >= 0.3 is 5.97 Å². The lowest BCUT2D eigenvalue weighted by Crippen LogP contribution is -2.49. The zero-order chi connectivity index (χ0) is 11.8. The molecule has 1 unspecified atom stereocenters. The Balaban J connectivity index is 2.60. The molecule has 0 heterocycles. The van der Waals surface area contributed by atoms with Crippen LogP contribution in [0, 0.1) is 17.3 Å². The Morgan fingerprint density at radius 2 is 2.00 bits per heavy atom. The summed E-state index contributed by atoms with van der Waals surface area (Å²) in [5.74, 6) is 0.168. The van der Waals surface area contributed by atoms with E-state index in [1.807, 2.05) is 20.8 Å². The summed E-state index contributed by atoms with van der Waals surface area (Å²) in [4.78, 5) is 11.8. The normalized spacial score (nSPS) is 26.9. The number of nitrogens with one attached hydrogen (secondary N) is 1. The van der Waals surface area contributed by atoms with Crippen LogP contribution < -0.4 is 5.32 Å². The molecule has 1 aliphatic carbocycles. The largest absolute Gasteiger partial charge is 0.480 e. The molecule has 3 nitrogen and oxygen atoms in total. The fourth-order valence-corrected chi connectivity index (χ4v) is 2.03. The molecule has 15 heavy (non-hydrogen) atoms. The van der Waals surface area contributed by atoms with Crippen LogP contribution in [0.2, 0.25) is 0 Å². The molecule has 0 radical (unpaired) electrons. The van der Waals surface area contributed by atoms with E-state index in [4.69, 9.17) is 17.3 Å². The Kier molecular flexibility index (Phi) is 3.38. The summed E-state index contributed by atoms with van der Waals surface area (Å²) in [7, 11) is 0. The van der Waals surface area contributed by atoms with E-state index in [2.05, 4.69) is 12.2 Å². The first-order valence-corrected chi connectivity index (χ1v) is 5.67. The molecule has 0 aromatic rings. The standard InChI is InChI=1S/C11H19NO2S/c1-6-5-7(6)9(15)12-8(10(13)14)11(2,3)4/h6-8H,5H2,1-4H3,(H,12,15)(H,13,14)/t6-,7?,8-/m1/s1. The van der Waals surface area contributed by atoms with E-state index in [1.54, 1.807) is 0 Å². The van der Waals surface area contributed by atoms with Gasteiger partial charge in [0.1, 0.15) is 6.04 Å². The molecule has 1 aliphatic rings. The molecule has 1 rings (SSSR count). The van der Waals surface area contributed by atoms with Crippen molar-refractivity contribution in [3.8, 4) is 0 Å². The third-order valence-corrected chi connectivity index (χ3v) is 3.27. The summed E-state index contributed by atoms with van der Waals surface area (Å²) in [5, 5.41) is 12.1. The minimum absolute atomic E-state index is 0.325. The van der Waals surface area contributed by atoms with E-state index in [0.29, 0.717) is 16.8 Å². The molecule has 86 valence electrons. The average molecular weight is 229 g/mol. The topological polar surface area (TPSA) is 49.3 Å². The van der Waals surface area contributed by atoms with Gasteiger partial charge in [0.25, 0.3) is 0 Å². The molecule has 0 aromatic heterocycles. The van der Waals surface area contributed by atoms with Crippen molar-refractivity contribution in [3.05, 3.63) is 0 Å². The molecule has 0 spiro atoms. The second-order valence-corrected chi connectivity index (χ2v) is 5.91. The molecule has 2 N–H and O–H groups in total. The third-order valence-electron chi connectivity index (χ3n) is 2.85. The Bertz CT molecular complexity index is 283. The van der Waals surface area contributed by atoms with Gasteiger partial charge in [-0.25, -0.2) is 4.79 Å². The van der Waals surface area contributed by atoms with E-state index in [1.165, 1.54) is 0 Å². The summed E-state index contributed by atoms with van der Waals surface area (Å²) in [6.07, 6.45) is 1.09. The maximum atomic E-state index is 11.1. The summed E-state index contributed by atoms with van der Waals surface area (Å²) in [5.41, 5.74) is -0.325. The number of hydrogen-bond donors (Lipinski definition) is 2. The highest BCUT2D eigenvalue weighted by molar-refractivity contribution is 7.80. The van der Waals surface area contributed by atoms with Crippen LogP contribution in [0.3, 0.4) is 0 Å². The van der Waals surface area contributed by atoms with Crippen LogP contribution in [0.1, 0.15) is 34.1 Å². The van der Waals surface area contributed by atoms with Crippen LogP contribution in [0.15, 0.2) is 0 Å². The Morgan fingerprint density at radius 1 is 1.53 bits per heavy atom. The molecule has 0 aliphatic heterocycles. The van der Waals surface area contributed by atoms with E-state index in [9.17, 15) is 4.79 Å². The second kappa shape index (κ2) is 4.08. The van der Waals surface area contributed by atoms with Gasteiger partial charge in [0.2, 0.25) is 0 Å². The molecule has 0 bridgehead atoms. The van der Waals surface area contributed by atoms with Gasteiger partial charge in [0, 0.05) is 5.92 Å². The predicted octanol–water partition coefficient (Wildman–Crippen LogP) is 2.06. The maximum absolute atomic E-state index is 11.1. The Morgan fingerprint density at radius 3 is 2.27 bits per heavy atom. The number of aliphatic carboxylic acids is 1. The van der Waals surface area contributed by atoms with Crippen LogP contribution in [0.25, 0.3) is 0 Å². The first kappa shape index (κ1) is 12.4. The van der Waals surface area contributed by atoms with Gasteiger partial charge in [-0.3, -0.25) is 0 Å². The van der Waals surface area contributed by atoms with Crippen LogP contribution >= 0.6 is 12.2 Å². The van der Waals surface area contributed by atoms with Gasteiger partial charge in [-0.1, -0.05) is 39.9 Å².